The number of benzene rings is 3. The summed E-state index contributed by atoms with van der Waals surface area (Å²) >= 11 is 0. The number of piperidine rings is 4. The summed E-state index contributed by atoms with van der Waals surface area (Å²) in [6, 6.07) is 58.5. The molecule has 13 heteroatoms. The molecule has 22 rings (SSSR count). The van der Waals surface area contributed by atoms with Gasteiger partial charge in [0, 0.05) is 156 Å². The van der Waals surface area contributed by atoms with Gasteiger partial charge in [0.05, 0.1) is 17.1 Å². The van der Waals surface area contributed by atoms with Crippen molar-refractivity contribution in [1.82, 2.24) is 27.4 Å². The van der Waals surface area contributed by atoms with Gasteiger partial charge in [-0.15, -0.1) is 0 Å². The van der Waals surface area contributed by atoms with Crippen molar-refractivity contribution < 1.29 is 0 Å². The summed E-state index contributed by atoms with van der Waals surface area (Å²) in [6.07, 6.45) is 26.9. The van der Waals surface area contributed by atoms with Gasteiger partial charge in [-0.25, -0.2) is 0 Å². The Kier molecular flexibility index (Phi) is 17.6. The second kappa shape index (κ2) is 25.8. The predicted octanol–water partition coefficient (Wildman–Crippen LogP) is 19.8. The van der Waals surface area contributed by atoms with E-state index in [9.17, 15) is 0 Å². The van der Waals surface area contributed by atoms with Crippen LogP contribution < -0.4 is 34.3 Å². The normalized spacial score (nSPS) is 33.9. The Bertz CT molecular complexity index is 4650. The molecule has 8 aliphatic heterocycles. The van der Waals surface area contributed by atoms with E-state index >= 15 is 0 Å². The van der Waals surface area contributed by atoms with E-state index < -0.39 is 0 Å². The molecule has 3 saturated carbocycles. The minimum atomic E-state index is 0.0854. The van der Waals surface area contributed by atoms with Crippen LogP contribution in [0.1, 0.15) is 208 Å². The van der Waals surface area contributed by atoms with Crippen LogP contribution in [0, 0.1) is 28.1 Å². The van der Waals surface area contributed by atoms with Crippen LogP contribution in [0.25, 0.3) is 0 Å². The first-order valence-electron chi connectivity index (χ1n) is 40.9. The number of rotatable bonds is 6. The lowest BCUT2D eigenvalue weighted by molar-refractivity contribution is 0.132. The number of fused-ring (bicyclic) bond motifs is 22. The number of hydrogen-bond acceptors (Lipinski definition) is 7. The van der Waals surface area contributed by atoms with Crippen LogP contribution in [0.2, 0.25) is 0 Å². The molecule has 0 amide bonds. The zero-order valence-electron chi connectivity index (χ0n) is 68.3. The molecule has 13 nitrogen and oxygen atoms in total. The zero-order valence-corrected chi connectivity index (χ0v) is 68.3. The van der Waals surface area contributed by atoms with Gasteiger partial charge in [-0.1, -0.05) is 108 Å². The highest BCUT2D eigenvalue weighted by molar-refractivity contribution is 5.72. The maximum Gasteiger partial charge on any atom is 0.110 e. The van der Waals surface area contributed by atoms with E-state index in [2.05, 4.69) is 391 Å². The molecule has 9 aromatic rings. The standard InChI is InChI=1S/C18H22N2.C16H19N3.C16H18N2.C16H26N2.C14H22N2.C13H20N2/c1-13-17(2)12-18(3,15-9-6-5-8-14(15)17)20(13)16-10-7-11-19(16)4;1-12-18-11-16(2,13-7-4-5-8-14(13)18)19(12)15-9-6-10-17(15)3;1-11-14-10-15(13-7-4-3-6-12(13)14)18(11)16-8-5-9-17(16)2;1-12-15(4)9-10-16(5,14(15,2)3)18(12)13-8-7-11-17(13)6;1-10-11-7-8-12(14(11,2)3)16(10)13-6-5-9-15(13)4;1-10-11-5-7-12(8-6-11)15(10)13-4-3-9-14(13)2/h5-11,13H,12H2,1-4H3;4-10,12H,11H2,1-3H3;3-9,11,14-15H,10H2,1-2H3;7-8,11-12H,9-10H2,1-6H3;5-6,9-12H,7-8H2,1-4H3;3-4,9-12H,5-8H2,1-2H3. The fraction of sp³-hybridized carbons (Fsp3) is 0.548. The van der Waals surface area contributed by atoms with Crippen LogP contribution in [-0.2, 0) is 58.8 Å². The molecule has 13 aliphatic rings. The van der Waals surface area contributed by atoms with Crippen molar-refractivity contribution in [3.05, 3.63) is 211 Å². The van der Waals surface area contributed by atoms with Crippen LogP contribution >= 0.6 is 0 Å². The molecule has 3 aromatic carbocycles. The van der Waals surface area contributed by atoms with Crippen molar-refractivity contribution in [2.45, 2.75) is 251 Å². The number of para-hydroxylation sites is 1. The van der Waals surface area contributed by atoms with E-state index in [1.807, 2.05) is 0 Å². The number of anilines is 7. The molecule has 15 atom stereocenters. The molecule has 0 radical (unpaired) electrons. The minimum Gasteiger partial charge on any atom is -0.352 e. The first-order chi connectivity index (χ1) is 50.4. The zero-order chi connectivity index (χ0) is 74.9. The smallest absolute Gasteiger partial charge is 0.110 e. The van der Waals surface area contributed by atoms with Gasteiger partial charge in [-0.05, 0) is 256 Å². The van der Waals surface area contributed by atoms with Crippen LogP contribution in [0.15, 0.2) is 183 Å². The van der Waals surface area contributed by atoms with Gasteiger partial charge in [-0.3, -0.25) is 0 Å². The Morgan fingerprint density at radius 3 is 1.38 bits per heavy atom. The summed E-state index contributed by atoms with van der Waals surface area (Å²) in [5.74, 6) is 10.7. The first-order valence-corrected chi connectivity index (χ1v) is 40.9. The third-order valence-electron chi connectivity index (χ3n) is 31.8. The highest BCUT2D eigenvalue weighted by Crippen LogP contribution is 2.70. The Morgan fingerprint density at radius 1 is 0.387 bits per heavy atom. The van der Waals surface area contributed by atoms with Crippen molar-refractivity contribution in [3.8, 4) is 0 Å². The maximum atomic E-state index is 2.69. The highest BCUT2D eigenvalue weighted by atomic mass is 15.5. The van der Waals surface area contributed by atoms with Crippen LogP contribution in [0.3, 0.4) is 0 Å². The molecular weight excluding hydrogens is 1300 g/mol. The lowest BCUT2D eigenvalue weighted by atomic mass is 9.65. The lowest BCUT2D eigenvalue weighted by Crippen LogP contribution is -2.54. The predicted molar refractivity (Wildman–Crippen MR) is 443 cm³/mol. The topological polar surface area (TPSA) is 52.3 Å². The third kappa shape index (κ3) is 10.4. The minimum absolute atomic E-state index is 0.0854. The monoisotopic (exact) mass is 1430 g/mol. The molecule has 0 spiro atoms. The molecule has 106 heavy (non-hydrogen) atoms. The van der Waals surface area contributed by atoms with Crippen LogP contribution in [-0.4, -0.2) is 87.9 Å². The van der Waals surface area contributed by atoms with Crippen molar-refractivity contribution in [2.75, 3.05) is 40.8 Å². The molecule has 6 aromatic heterocycles. The van der Waals surface area contributed by atoms with E-state index in [1.54, 1.807) is 16.7 Å². The molecule has 14 heterocycles. The van der Waals surface area contributed by atoms with E-state index in [4.69, 9.17) is 0 Å². The fourth-order valence-corrected chi connectivity index (χ4v) is 25.2. The molecule has 0 N–H and O–H groups in total. The van der Waals surface area contributed by atoms with Gasteiger partial charge in [0.2, 0.25) is 0 Å². The molecule has 15 unspecified atom stereocenters. The van der Waals surface area contributed by atoms with Gasteiger partial charge in [-0.2, -0.15) is 0 Å². The van der Waals surface area contributed by atoms with Crippen molar-refractivity contribution >= 4 is 40.6 Å². The average Bonchev–Trinajstić information content (AvgIpc) is 1.51. The lowest BCUT2D eigenvalue weighted by Gasteiger charge is -2.51. The second-order valence-electron chi connectivity index (χ2n) is 37.1. The first kappa shape index (κ1) is 72.2. The summed E-state index contributed by atoms with van der Waals surface area (Å²) < 4.78 is 13.5. The summed E-state index contributed by atoms with van der Waals surface area (Å²) in [4.78, 5) is 18.3. The summed E-state index contributed by atoms with van der Waals surface area (Å²) in [7, 11) is 12.9. The SMILES string of the molecule is CC1C2CC(c3ccccc32)N1c1cccn1C.CC1C2CCC(CC2)N1c1cccn1C.CC1C2CCC(N1c1cccn1C)C2(C)C.CC1N(c2cccn2C)C2(C)CC1(C)c1ccccc12.CC1N(c2cccn2C)C2(C)CCC1(C)C2(C)C.CC1N2CC(C)(c3ccccc32)N1c1cccn1C. The van der Waals surface area contributed by atoms with E-state index in [0.717, 1.165) is 36.5 Å². The van der Waals surface area contributed by atoms with Gasteiger partial charge < -0.3 is 61.7 Å². The molecule has 564 valence electrons. The summed E-state index contributed by atoms with van der Waals surface area (Å²) in [6.45, 7) is 37.4. The van der Waals surface area contributed by atoms with E-state index in [0.29, 0.717) is 58.5 Å². The van der Waals surface area contributed by atoms with E-state index in [-0.39, 0.29) is 22.0 Å². The number of aryl methyl sites for hydroxylation is 6. The van der Waals surface area contributed by atoms with Crippen molar-refractivity contribution in [3.63, 3.8) is 0 Å². The summed E-state index contributed by atoms with van der Waals surface area (Å²) in [5, 5.41) is 0. The highest BCUT2D eigenvalue weighted by Gasteiger charge is 2.71. The largest absolute Gasteiger partial charge is 0.352 e. The molecule has 12 bridgehead atoms. The van der Waals surface area contributed by atoms with Crippen LogP contribution in [0.5, 0.6) is 0 Å². The van der Waals surface area contributed by atoms with Crippen LogP contribution in [0.4, 0.5) is 40.6 Å². The quantitative estimate of drug-likeness (QED) is 0.164. The average molecular weight is 1430 g/mol. The Morgan fingerprint density at radius 2 is 0.868 bits per heavy atom. The van der Waals surface area contributed by atoms with Crippen molar-refractivity contribution in [1.29, 1.82) is 0 Å². The van der Waals surface area contributed by atoms with Gasteiger partial charge in [0.1, 0.15) is 41.1 Å². The Balaban J connectivity index is 0.0000000977. The molecule has 5 aliphatic carbocycles. The molecule has 7 saturated heterocycles. The molecular formula is C93H127N13. The third-order valence-corrected chi connectivity index (χ3v) is 31.8. The second-order valence-corrected chi connectivity index (χ2v) is 37.1. The van der Waals surface area contributed by atoms with Crippen molar-refractivity contribution in [2.24, 2.45) is 70.4 Å². The van der Waals surface area contributed by atoms with Gasteiger partial charge >= 0.3 is 0 Å². The Hall–Kier alpha value is -8.06. The number of nitrogens with zero attached hydrogens (tertiary/aromatic N) is 13. The fourth-order valence-electron chi connectivity index (χ4n) is 25.2. The number of hydrogen-bond donors (Lipinski definition) is 0. The van der Waals surface area contributed by atoms with Gasteiger partial charge in [0.25, 0.3) is 0 Å². The van der Waals surface area contributed by atoms with E-state index in [1.165, 1.54) is 116 Å². The number of aromatic nitrogens is 6. The maximum absolute atomic E-state index is 2.69. The summed E-state index contributed by atoms with van der Waals surface area (Å²) in [5.41, 5.74) is 11.1. The van der Waals surface area contributed by atoms with Gasteiger partial charge in [0.15, 0.2) is 0 Å². The Labute approximate surface area is 636 Å². The molecule has 10 fully saturated rings.